The fourth-order valence-corrected chi connectivity index (χ4v) is 3.99. The van der Waals surface area contributed by atoms with Gasteiger partial charge in [0.05, 0.1) is 5.02 Å². The monoisotopic (exact) mass is 319 g/mol. The lowest BCUT2D eigenvalue weighted by Gasteiger charge is -2.13. The highest BCUT2D eigenvalue weighted by molar-refractivity contribution is 8.00. The Morgan fingerprint density at radius 3 is 2.86 bits per heavy atom. The third-order valence-electron chi connectivity index (χ3n) is 3.57. The van der Waals surface area contributed by atoms with Crippen molar-refractivity contribution < 1.29 is 4.74 Å². The molecule has 2 aromatic rings. The minimum Gasteiger partial charge on any atom is -0.491 e. The molecule has 0 amide bonds. The number of fused-ring (bicyclic) bond motifs is 1. The van der Waals surface area contributed by atoms with Gasteiger partial charge in [0.15, 0.2) is 0 Å². The molecule has 0 saturated carbocycles. The molecule has 0 radical (unpaired) electrons. The van der Waals surface area contributed by atoms with Gasteiger partial charge in [-0.1, -0.05) is 35.9 Å². The van der Waals surface area contributed by atoms with Crippen molar-refractivity contribution in [2.75, 3.05) is 13.2 Å². The zero-order chi connectivity index (χ0) is 14.7. The predicted octanol–water partition coefficient (Wildman–Crippen LogP) is 3.94. The van der Waals surface area contributed by atoms with Crippen LogP contribution in [0.3, 0.4) is 0 Å². The predicted molar refractivity (Wildman–Crippen MR) is 89.5 cm³/mol. The van der Waals surface area contributed by atoms with E-state index in [-0.39, 0.29) is 0 Å². The van der Waals surface area contributed by atoms with Crippen LogP contribution >= 0.6 is 23.4 Å². The van der Waals surface area contributed by atoms with Crippen molar-refractivity contribution in [3.8, 4) is 5.75 Å². The lowest BCUT2D eigenvalue weighted by atomic mass is 10.1. The summed E-state index contributed by atoms with van der Waals surface area (Å²) >= 11 is 8.16. The van der Waals surface area contributed by atoms with Crippen LogP contribution in [0.15, 0.2) is 47.4 Å². The van der Waals surface area contributed by atoms with Gasteiger partial charge in [0, 0.05) is 10.1 Å². The second kappa shape index (κ2) is 6.73. The van der Waals surface area contributed by atoms with Gasteiger partial charge in [-0.2, -0.15) is 0 Å². The molecule has 0 bridgehead atoms. The van der Waals surface area contributed by atoms with Crippen LogP contribution in [0, 0.1) is 0 Å². The van der Waals surface area contributed by atoms with E-state index in [1.807, 2.05) is 30.0 Å². The van der Waals surface area contributed by atoms with Gasteiger partial charge in [0.25, 0.3) is 0 Å². The maximum atomic E-state index is 6.27. The number of benzene rings is 2. The molecule has 0 aromatic heterocycles. The van der Waals surface area contributed by atoms with Gasteiger partial charge in [0.2, 0.25) is 0 Å². The van der Waals surface area contributed by atoms with Crippen molar-refractivity contribution >= 4 is 23.4 Å². The molecule has 0 fully saturated rings. The fourth-order valence-electron chi connectivity index (χ4n) is 2.51. The summed E-state index contributed by atoms with van der Waals surface area (Å²) in [5, 5.41) is 1.13. The highest BCUT2D eigenvalue weighted by Gasteiger charge is 2.22. The molecule has 21 heavy (non-hydrogen) atoms. The SMILES string of the molecule is NCCc1ccc(OCC2Cc3ccccc3S2)c(Cl)c1. The average Bonchev–Trinajstić information content (AvgIpc) is 2.89. The summed E-state index contributed by atoms with van der Waals surface area (Å²) in [6.07, 6.45) is 1.90. The largest absolute Gasteiger partial charge is 0.491 e. The number of nitrogens with two attached hydrogens (primary N) is 1. The Morgan fingerprint density at radius 2 is 2.10 bits per heavy atom. The first-order valence-corrected chi connectivity index (χ1v) is 8.38. The van der Waals surface area contributed by atoms with Crippen molar-refractivity contribution in [3.63, 3.8) is 0 Å². The molecule has 3 rings (SSSR count). The van der Waals surface area contributed by atoms with Gasteiger partial charge in [0.1, 0.15) is 12.4 Å². The molecule has 2 N–H and O–H groups in total. The number of halogens is 1. The number of ether oxygens (including phenoxy) is 1. The number of hydrogen-bond acceptors (Lipinski definition) is 3. The van der Waals surface area contributed by atoms with E-state index in [9.17, 15) is 0 Å². The van der Waals surface area contributed by atoms with E-state index in [0.717, 1.165) is 24.2 Å². The van der Waals surface area contributed by atoms with E-state index in [1.165, 1.54) is 10.5 Å². The first-order valence-electron chi connectivity index (χ1n) is 7.12. The minimum atomic E-state index is 0.460. The highest BCUT2D eigenvalue weighted by Crippen LogP contribution is 2.37. The molecule has 1 aliphatic rings. The van der Waals surface area contributed by atoms with E-state index in [4.69, 9.17) is 22.1 Å². The van der Waals surface area contributed by atoms with Crippen molar-refractivity contribution in [1.82, 2.24) is 0 Å². The van der Waals surface area contributed by atoms with Crippen LogP contribution in [0.25, 0.3) is 0 Å². The van der Waals surface area contributed by atoms with E-state index >= 15 is 0 Å². The van der Waals surface area contributed by atoms with Crippen molar-refractivity contribution in [1.29, 1.82) is 0 Å². The van der Waals surface area contributed by atoms with Crippen molar-refractivity contribution in [2.45, 2.75) is 23.0 Å². The topological polar surface area (TPSA) is 35.2 Å². The Morgan fingerprint density at radius 1 is 1.24 bits per heavy atom. The van der Waals surface area contributed by atoms with Crippen molar-refractivity contribution in [3.05, 3.63) is 58.6 Å². The lowest BCUT2D eigenvalue weighted by Crippen LogP contribution is -2.13. The van der Waals surface area contributed by atoms with Crippen LogP contribution in [-0.2, 0) is 12.8 Å². The molecule has 1 aliphatic heterocycles. The highest BCUT2D eigenvalue weighted by atomic mass is 35.5. The molecule has 0 saturated heterocycles. The fraction of sp³-hybridized carbons (Fsp3) is 0.294. The molecular weight excluding hydrogens is 302 g/mol. The normalized spacial score (nSPS) is 16.8. The van der Waals surface area contributed by atoms with Gasteiger partial charge in [-0.3, -0.25) is 0 Å². The van der Waals surface area contributed by atoms with E-state index in [2.05, 4.69) is 24.3 Å². The third kappa shape index (κ3) is 3.54. The summed E-state index contributed by atoms with van der Waals surface area (Å²) in [4.78, 5) is 1.37. The molecule has 0 aliphatic carbocycles. The molecule has 0 spiro atoms. The summed E-state index contributed by atoms with van der Waals surface area (Å²) in [6.45, 7) is 1.31. The smallest absolute Gasteiger partial charge is 0.137 e. The molecular formula is C17H18ClNOS. The van der Waals surface area contributed by atoms with E-state index in [1.54, 1.807) is 0 Å². The Labute approximate surface area is 134 Å². The minimum absolute atomic E-state index is 0.460. The molecule has 1 atom stereocenters. The van der Waals surface area contributed by atoms with Crippen LogP contribution < -0.4 is 10.5 Å². The quantitative estimate of drug-likeness (QED) is 0.906. The second-order valence-corrected chi connectivity index (χ2v) is 6.92. The Bertz CT molecular complexity index is 607. The van der Waals surface area contributed by atoms with Gasteiger partial charge in [-0.15, -0.1) is 11.8 Å². The number of hydrogen-bond donors (Lipinski definition) is 1. The molecule has 4 heteroatoms. The average molecular weight is 320 g/mol. The lowest BCUT2D eigenvalue weighted by molar-refractivity contribution is 0.317. The summed E-state index contributed by atoms with van der Waals surface area (Å²) in [5.74, 6) is 0.758. The van der Waals surface area contributed by atoms with Gasteiger partial charge < -0.3 is 10.5 Å². The van der Waals surface area contributed by atoms with E-state index < -0.39 is 0 Å². The zero-order valence-corrected chi connectivity index (χ0v) is 13.3. The molecule has 1 heterocycles. The van der Waals surface area contributed by atoms with Crippen molar-refractivity contribution in [2.24, 2.45) is 5.73 Å². The maximum Gasteiger partial charge on any atom is 0.137 e. The number of rotatable bonds is 5. The second-order valence-electron chi connectivity index (χ2n) is 5.17. The zero-order valence-electron chi connectivity index (χ0n) is 11.7. The standard InChI is InChI=1S/C17H18ClNOS/c18-15-9-12(7-8-19)5-6-16(15)20-11-14-10-13-3-1-2-4-17(13)21-14/h1-6,9,14H,7-8,10-11,19H2. The van der Waals surface area contributed by atoms with Crippen LogP contribution in [0.5, 0.6) is 5.75 Å². The Balaban J connectivity index is 1.59. The molecule has 110 valence electrons. The Hall–Kier alpha value is -1.16. The maximum absolute atomic E-state index is 6.27. The van der Waals surface area contributed by atoms with Crippen LogP contribution in [0.4, 0.5) is 0 Å². The molecule has 1 unspecified atom stereocenters. The van der Waals surface area contributed by atoms with Gasteiger partial charge in [-0.25, -0.2) is 0 Å². The first kappa shape index (κ1) is 14.8. The van der Waals surface area contributed by atoms with E-state index in [0.29, 0.717) is 23.4 Å². The van der Waals surface area contributed by atoms with Crippen LogP contribution in [-0.4, -0.2) is 18.4 Å². The molecule has 2 nitrogen and oxygen atoms in total. The Kier molecular flexibility index (Phi) is 4.73. The summed E-state index contributed by atoms with van der Waals surface area (Å²) in [5.41, 5.74) is 8.12. The van der Waals surface area contributed by atoms with Crippen LogP contribution in [0.2, 0.25) is 5.02 Å². The van der Waals surface area contributed by atoms with Gasteiger partial charge >= 0.3 is 0 Å². The van der Waals surface area contributed by atoms with Crippen LogP contribution in [0.1, 0.15) is 11.1 Å². The summed E-state index contributed by atoms with van der Waals surface area (Å²) in [7, 11) is 0. The summed E-state index contributed by atoms with van der Waals surface area (Å²) in [6, 6.07) is 14.5. The summed E-state index contributed by atoms with van der Waals surface area (Å²) < 4.78 is 5.90. The first-order chi connectivity index (χ1) is 10.3. The number of thioether (sulfide) groups is 1. The van der Waals surface area contributed by atoms with Gasteiger partial charge in [-0.05, 0) is 48.7 Å². The third-order valence-corrected chi connectivity index (χ3v) is 5.15. The molecule has 2 aromatic carbocycles.